The number of nitrogens with one attached hydrogen (secondary N) is 1. The number of nitrogens with zero attached hydrogens (tertiary/aromatic N) is 2. The number of pyridine rings is 1. The number of hydrogen-bond acceptors (Lipinski definition) is 3. The third kappa shape index (κ3) is 2.29. The molecule has 90 valence electrons. The van der Waals surface area contributed by atoms with Gasteiger partial charge in [0.15, 0.2) is 0 Å². The van der Waals surface area contributed by atoms with Crippen LogP contribution in [0.4, 0.5) is 0 Å². The van der Waals surface area contributed by atoms with Crippen molar-refractivity contribution in [2.75, 3.05) is 0 Å². The van der Waals surface area contributed by atoms with E-state index in [0.29, 0.717) is 11.1 Å². The number of aliphatic hydroxyl groups excluding tert-OH is 1. The Morgan fingerprint density at radius 3 is 3.00 bits per heavy atom. The van der Waals surface area contributed by atoms with Crippen molar-refractivity contribution < 1.29 is 5.11 Å². The van der Waals surface area contributed by atoms with Gasteiger partial charge < -0.3 is 14.8 Å². The highest BCUT2D eigenvalue weighted by molar-refractivity contribution is 6.30. The van der Waals surface area contributed by atoms with E-state index in [4.69, 9.17) is 11.6 Å². The quantitative estimate of drug-likeness (QED) is 0.871. The molecule has 0 bridgehead atoms. The molecule has 4 nitrogen and oxygen atoms in total. The zero-order valence-electron chi connectivity index (χ0n) is 9.31. The molecule has 1 aliphatic rings. The Labute approximate surface area is 104 Å². The van der Waals surface area contributed by atoms with Crippen molar-refractivity contribution >= 4 is 17.2 Å². The third-order valence-electron chi connectivity index (χ3n) is 3.15. The summed E-state index contributed by atoms with van der Waals surface area (Å²) in [5, 5.41) is 13.3. The molecule has 0 aromatic carbocycles. The van der Waals surface area contributed by atoms with Gasteiger partial charge in [-0.25, -0.2) is 4.98 Å². The lowest BCUT2D eigenvalue weighted by Crippen LogP contribution is -2.43. The molecule has 0 radical (unpaired) electrons. The van der Waals surface area contributed by atoms with Crippen LogP contribution in [0.25, 0.3) is 5.65 Å². The predicted molar refractivity (Wildman–Crippen MR) is 66.1 cm³/mol. The first-order chi connectivity index (χ1) is 8.20. The largest absolute Gasteiger partial charge is 0.393 e. The molecule has 0 spiro atoms. The number of rotatable bonds is 3. The molecule has 2 aromatic rings. The van der Waals surface area contributed by atoms with E-state index in [0.717, 1.165) is 30.7 Å². The third-order valence-corrected chi connectivity index (χ3v) is 3.37. The molecule has 2 aromatic heterocycles. The van der Waals surface area contributed by atoms with E-state index in [1.807, 2.05) is 28.9 Å². The maximum Gasteiger partial charge on any atom is 0.137 e. The SMILES string of the molecule is OC1CC(NCc2cn3cc(Cl)ccc3n2)C1. The van der Waals surface area contributed by atoms with Crippen molar-refractivity contribution in [3.8, 4) is 0 Å². The minimum absolute atomic E-state index is 0.118. The Balaban J connectivity index is 1.68. The van der Waals surface area contributed by atoms with Crippen LogP contribution in [0.3, 0.4) is 0 Å². The Kier molecular flexibility index (Phi) is 2.78. The van der Waals surface area contributed by atoms with E-state index < -0.39 is 0 Å². The summed E-state index contributed by atoms with van der Waals surface area (Å²) >= 11 is 5.91. The lowest BCUT2D eigenvalue weighted by Gasteiger charge is -2.31. The van der Waals surface area contributed by atoms with E-state index in [9.17, 15) is 5.11 Å². The zero-order valence-corrected chi connectivity index (χ0v) is 10.1. The van der Waals surface area contributed by atoms with Crippen molar-refractivity contribution in [2.45, 2.75) is 31.5 Å². The first kappa shape index (κ1) is 11.0. The van der Waals surface area contributed by atoms with Gasteiger partial charge in [-0.2, -0.15) is 0 Å². The Morgan fingerprint density at radius 1 is 1.41 bits per heavy atom. The predicted octanol–water partition coefficient (Wildman–Crippen LogP) is 1.60. The maximum atomic E-state index is 9.19. The van der Waals surface area contributed by atoms with Crippen molar-refractivity contribution in [1.29, 1.82) is 0 Å². The molecule has 1 fully saturated rings. The van der Waals surface area contributed by atoms with E-state index in [-0.39, 0.29) is 6.10 Å². The first-order valence-electron chi connectivity index (χ1n) is 5.75. The Hall–Kier alpha value is -1.10. The second kappa shape index (κ2) is 4.29. The van der Waals surface area contributed by atoms with Crippen LogP contribution in [0, 0.1) is 0 Å². The Morgan fingerprint density at radius 2 is 2.24 bits per heavy atom. The summed E-state index contributed by atoms with van der Waals surface area (Å²) in [6, 6.07) is 4.17. The normalized spacial score (nSPS) is 23.9. The molecular formula is C12H14ClN3O. The van der Waals surface area contributed by atoms with Crippen LogP contribution < -0.4 is 5.32 Å². The van der Waals surface area contributed by atoms with Gasteiger partial charge in [0.1, 0.15) is 5.65 Å². The number of imidazole rings is 1. The van der Waals surface area contributed by atoms with Gasteiger partial charge in [-0.15, -0.1) is 0 Å². The number of aliphatic hydroxyl groups is 1. The molecule has 3 rings (SSSR count). The van der Waals surface area contributed by atoms with Gasteiger partial charge in [-0.05, 0) is 25.0 Å². The van der Waals surface area contributed by atoms with Crippen LogP contribution in [0.2, 0.25) is 5.02 Å². The van der Waals surface area contributed by atoms with E-state index in [1.54, 1.807) is 0 Å². The average molecular weight is 252 g/mol. The van der Waals surface area contributed by atoms with Crippen LogP contribution in [0.1, 0.15) is 18.5 Å². The zero-order chi connectivity index (χ0) is 11.8. The molecule has 2 N–H and O–H groups in total. The highest BCUT2D eigenvalue weighted by atomic mass is 35.5. The van der Waals surface area contributed by atoms with Crippen molar-refractivity contribution in [2.24, 2.45) is 0 Å². The number of aromatic nitrogens is 2. The highest BCUT2D eigenvalue weighted by Crippen LogP contribution is 2.19. The number of halogens is 1. The average Bonchev–Trinajstić information content (AvgIpc) is 2.64. The summed E-state index contributed by atoms with van der Waals surface area (Å²) in [4.78, 5) is 4.48. The van der Waals surface area contributed by atoms with Crippen molar-refractivity contribution in [1.82, 2.24) is 14.7 Å². The minimum Gasteiger partial charge on any atom is -0.393 e. The van der Waals surface area contributed by atoms with Gasteiger partial charge in [-0.3, -0.25) is 0 Å². The van der Waals surface area contributed by atoms with E-state index >= 15 is 0 Å². The van der Waals surface area contributed by atoms with Crippen LogP contribution in [-0.4, -0.2) is 26.6 Å². The van der Waals surface area contributed by atoms with Crippen LogP contribution >= 0.6 is 11.6 Å². The van der Waals surface area contributed by atoms with Crippen molar-refractivity contribution in [3.63, 3.8) is 0 Å². The molecule has 0 aliphatic heterocycles. The lowest BCUT2D eigenvalue weighted by molar-refractivity contribution is 0.0618. The second-order valence-corrected chi connectivity index (χ2v) is 4.98. The van der Waals surface area contributed by atoms with Gasteiger partial charge in [0.2, 0.25) is 0 Å². The summed E-state index contributed by atoms with van der Waals surface area (Å²) in [5.41, 5.74) is 1.90. The van der Waals surface area contributed by atoms with Gasteiger partial charge in [-0.1, -0.05) is 11.6 Å². The summed E-state index contributed by atoms with van der Waals surface area (Å²) in [6.45, 7) is 0.733. The molecule has 0 amide bonds. The minimum atomic E-state index is -0.118. The topological polar surface area (TPSA) is 49.6 Å². The monoisotopic (exact) mass is 251 g/mol. The van der Waals surface area contributed by atoms with E-state index in [2.05, 4.69) is 10.3 Å². The molecule has 0 saturated heterocycles. The lowest BCUT2D eigenvalue weighted by atomic mass is 9.89. The van der Waals surface area contributed by atoms with Gasteiger partial charge in [0.25, 0.3) is 0 Å². The molecule has 1 aliphatic carbocycles. The highest BCUT2D eigenvalue weighted by Gasteiger charge is 2.26. The molecular weight excluding hydrogens is 238 g/mol. The van der Waals surface area contributed by atoms with Crippen LogP contribution in [0.15, 0.2) is 24.5 Å². The number of fused-ring (bicyclic) bond motifs is 1. The summed E-state index contributed by atoms with van der Waals surface area (Å²) in [6.07, 6.45) is 5.40. The van der Waals surface area contributed by atoms with Gasteiger partial charge in [0.05, 0.1) is 16.8 Å². The molecule has 2 heterocycles. The number of hydrogen-bond donors (Lipinski definition) is 2. The van der Waals surface area contributed by atoms with Crippen LogP contribution in [-0.2, 0) is 6.54 Å². The van der Waals surface area contributed by atoms with Crippen molar-refractivity contribution in [3.05, 3.63) is 35.2 Å². The van der Waals surface area contributed by atoms with Gasteiger partial charge in [0, 0.05) is 25.0 Å². The summed E-state index contributed by atoms with van der Waals surface area (Å²) < 4.78 is 1.93. The van der Waals surface area contributed by atoms with Crippen LogP contribution in [0.5, 0.6) is 0 Å². The fourth-order valence-corrected chi connectivity index (χ4v) is 2.27. The van der Waals surface area contributed by atoms with Gasteiger partial charge >= 0.3 is 0 Å². The second-order valence-electron chi connectivity index (χ2n) is 4.55. The fourth-order valence-electron chi connectivity index (χ4n) is 2.11. The maximum absolute atomic E-state index is 9.19. The summed E-state index contributed by atoms with van der Waals surface area (Å²) in [5.74, 6) is 0. The smallest absolute Gasteiger partial charge is 0.137 e. The first-order valence-corrected chi connectivity index (χ1v) is 6.13. The molecule has 5 heteroatoms. The molecule has 0 unspecified atom stereocenters. The molecule has 1 saturated carbocycles. The standard InChI is InChI=1S/C12H14ClN3O/c13-8-1-2-12-15-10(7-16(12)6-8)5-14-9-3-11(17)4-9/h1-2,6-7,9,11,14,17H,3-5H2. The fraction of sp³-hybridized carbons (Fsp3) is 0.417. The molecule has 17 heavy (non-hydrogen) atoms. The Bertz CT molecular complexity index is 534. The summed E-state index contributed by atoms with van der Waals surface area (Å²) in [7, 11) is 0. The van der Waals surface area contributed by atoms with E-state index in [1.165, 1.54) is 0 Å². The molecule has 0 atom stereocenters.